The normalized spacial score (nSPS) is 15.6. The van der Waals surface area contributed by atoms with Gasteiger partial charge in [-0.25, -0.2) is 9.79 Å². The van der Waals surface area contributed by atoms with Gasteiger partial charge in [0.15, 0.2) is 0 Å². The first-order valence-corrected chi connectivity index (χ1v) is 14.1. The van der Waals surface area contributed by atoms with Crippen molar-refractivity contribution >= 4 is 57.0 Å². The second-order valence-electron chi connectivity index (χ2n) is 9.31. The van der Waals surface area contributed by atoms with Crippen molar-refractivity contribution in [3.63, 3.8) is 0 Å². The van der Waals surface area contributed by atoms with Crippen LogP contribution in [0.1, 0.15) is 36.1 Å². The highest BCUT2D eigenvalue weighted by Gasteiger charge is 2.33. The van der Waals surface area contributed by atoms with Crippen LogP contribution in [-0.2, 0) is 22.5 Å². The quantitative estimate of drug-likeness (QED) is 0.232. The van der Waals surface area contributed by atoms with Crippen LogP contribution >= 0.6 is 23.4 Å². The van der Waals surface area contributed by atoms with Gasteiger partial charge in [0.2, 0.25) is 0 Å². The molecule has 0 radical (unpaired) electrons. The van der Waals surface area contributed by atoms with E-state index in [1.54, 1.807) is 6.92 Å². The number of aliphatic imine (C=N–C) groups is 1. The van der Waals surface area contributed by atoms with Crippen LogP contribution in [0, 0.1) is 6.92 Å². The summed E-state index contributed by atoms with van der Waals surface area (Å²) < 4.78 is 7.50. The van der Waals surface area contributed by atoms with Crippen molar-refractivity contribution in [1.29, 1.82) is 0 Å². The molecule has 5 nitrogen and oxygen atoms in total. The lowest BCUT2D eigenvalue weighted by molar-refractivity contribution is -0.138. The second-order valence-corrected chi connectivity index (χ2v) is 10.8. The highest BCUT2D eigenvalue weighted by molar-refractivity contribution is 8.18. The van der Waals surface area contributed by atoms with Crippen LogP contribution in [0.25, 0.3) is 17.0 Å². The maximum Gasteiger partial charge on any atom is 0.344 e. The number of aliphatic hydroxyl groups excluding tert-OH is 1. The van der Waals surface area contributed by atoms with E-state index in [4.69, 9.17) is 16.3 Å². The van der Waals surface area contributed by atoms with E-state index in [0.29, 0.717) is 27.2 Å². The third kappa shape index (κ3) is 5.68. The van der Waals surface area contributed by atoms with Gasteiger partial charge in [-0.2, -0.15) is 0 Å². The summed E-state index contributed by atoms with van der Waals surface area (Å²) in [4.78, 5) is 18.1. The smallest absolute Gasteiger partial charge is 0.344 e. The van der Waals surface area contributed by atoms with Gasteiger partial charge in [-0.05, 0) is 61.7 Å². The van der Waals surface area contributed by atoms with E-state index in [0.717, 1.165) is 34.0 Å². The van der Waals surface area contributed by atoms with E-state index < -0.39 is 5.97 Å². The van der Waals surface area contributed by atoms with Gasteiger partial charge in [0.05, 0.1) is 22.7 Å². The molecule has 0 fully saturated rings. The van der Waals surface area contributed by atoms with E-state index in [-0.39, 0.29) is 17.9 Å². The number of esters is 1. The predicted octanol–water partition coefficient (Wildman–Crippen LogP) is 8.41. The summed E-state index contributed by atoms with van der Waals surface area (Å²) in [5.41, 5.74) is 6.37. The fourth-order valence-corrected chi connectivity index (χ4v) is 5.80. The van der Waals surface area contributed by atoms with Gasteiger partial charge in [-0.3, -0.25) is 0 Å². The molecular formula is C32H29ClN2O3S. The molecule has 0 unspecified atom stereocenters. The summed E-state index contributed by atoms with van der Waals surface area (Å²) in [5, 5.41) is 13.4. The number of carbonyl (C=O) groups excluding carboxylic acids is 1. The molecule has 198 valence electrons. The molecule has 0 saturated heterocycles. The molecule has 0 bridgehead atoms. The van der Waals surface area contributed by atoms with Gasteiger partial charge in [0.1, 0.15) is 16.4 Å². The van der Waals surface area contributed by atoms with Gasteiger partial charge < -0.3 is 14.4 Å². The van der Waals surface area contributed by atoms with Crippen LogP contribution in [0.2, 0.25) is 5.02 Å². The summed E-state index contributed by atoms with van der Waals surface area (Å²) in [5.74, 6) is -0.704. The number of hydrogen-bond donors (Lipinski definition) is 1. The Morgan fingerprint density at radius 1 is 1.08 bits per heavy atom. The van der Waals surface area contributed by atoms with Crippen molar-refractivity contribution in [2.75, 3.05) is 6.61 Å². The largest absolute Gasteiger partial charge is 0.506 e. The molecule has 39 heavy (non-hydrogen) atoms. The Morgan fingerprint density at radius 2 is 1.82 bits per heavy atom. The highest BCUT2D eigenvalue weighted by Crippen LogP contribution is 2.41. The minimum atomic E-state index is -0.588. The number of rotatable bonds is 7. The average molecular weight is 557 g/mol. The van der Waals surface area contributed by atoms with Crippen molar-refractivity contribution < 1.29 is 14.6 Å². The molecule has 7 heteroatoms. The predicted molar refractivity (Wildman–Crippen MR) is 162 cm³/mol. The molecule has 0 atom stereocenters. The van der Waals surface area contributed by atoms with Crippen molar-refractivity contribution in [2.24, 2.45) is 4.99 Å². The van der Waals surface area contributed by atoms with Gasteiger partial charge in [-0.1, -0.05) is 78.3 Å². The van der Waals surface area contributed by atoms with Crippen LogP contribution < -0.4 is 0 Å². The summed E-state index contributed by atoms with van der Waals surface area (Å²) >= 11 is 7.38. The van der Waals surface area contributed by atoms with E-state index >= 15 is 0 Å². The topological polar surface area (TPSA) is 63.8 Å². The minimum absolute atomic E-state index is 0.0906. The molecule has 1 aliphatic heterocycles. The number of benzene rings is 3. The number of halogens is 1. The number of aromatic nitrogens is 1. The molecule has 0 saturated carbocycles. The maximum absolute atomic E-state index is 12.9. The zero-order valence-corrected chi connectivity index (χ0v) is 23.6. The summed E-state index contributed by atoms with van der Waals surface area (Å²) in [6.45, 7) is 6.77. The minimum Gasteiger partial charge on any atom is -0.506 e. The second kappa shape index (κ2) is 11.6. The monoisotopic (exact) mass is 556 g/mol. The van der Waals surface area contributed by atoms with Crippen LogP contribution in [0.4, 0.5) is 5.69 Å². The molecular weight excluding hydrogens is 528 g/mol. The molecule has 0 aliphatic carbocycles. The Kier molecular flexibility index (Phi) is 7.96. The van der Waals surface area contributed by atoms with E-state index in [9.17, 15) is 9.90 Å². The maximum atomic E-state index is 12.9. The fraction of sp³-hybridized carbons (Fsp3) is 0.188. The molecule has 2 heterocycles. The van der Waals surface area contributed by atoms with Crippen molar-refractivity contribution in [3.8, 4) is 0 Å². The Hall–Kier alpha value is -3.74. The fourth-order valence-electron chi connectivity index (χ4n) is 4.65. The third-order valence-corrected chi connectivity index (χ3v) is 7.85. The number of fused-ring (bicyclic) bond motifs is 1. The lowest BCUT2D eigenvalue weighted by Gasteiger charge is -2.09. The molecule has 1 N–H and O–H groups in total. The average Bonchev–Trinajstić information content (AvgIpc) is 3.43. The first-order valence-electron chi connectivity index (χ1n) is 12.9. The van der Waals surface area contributed by atoms with Crippen LogP contribution in [0.5, 0.6) is 0 Å². The number of carbonyl (C=O) groups is 1. The van der Waals surface area contributed by atoms with Crippen molar-refractivity contribution in [2.45, 2.75) is 33.7 Å². The van der Waals surface area contributed by atoms with Gasteiger partial charge >= 0.3 is 5.97 Å². The number of ether oxygens (including phenoxy) is 1. The number of thioether (sulfide) groups is 1. The first-order chi connectivity index (χ1) is 18.9. The SMILES string of the molecule is CCOC(=O)C1=C(O)/C(=C/c2cn(Cc3ccc(Cl)cc3)c3c(CC)cccc23)SC1=Nc1ccc(C)cc1. The molecule has 0 spiro atoms. The lowest BCUT2D eigenvalue weighted by atomic mass is 10.1. The van der Waals surface area contributed by atoms with E-state index in [1.807, 2.05) is 61.5 Å². The van der Waals surface area contributed by atoms with E-state index in [1.165, 1.54) is 17.3 Å². The molecule has 5 rings (SSSR count). The summed E-state index contributed by atoms with van der Waals surface area (Å²) in [6, 6.07) is 21.9. The number of aryl methyl sites for hydroxylation is 2. The molecule has 0 amide bonds. The lowest BCUT2D eigenvalue weighted by Crippen LogP contribution is -2.12. The number of hydrogen-bond acceptors (Lipinski definition) is 5. The van der Waals surface area contributed by atoms with Crippen LogP contribution in [0.15, 0.2) is 94.2 Å². The summed E-state index contributed by atoms with van der Waals surface area (Å²) in [6.07, 6.45) is 4.91. The van der Waals surface area contributed by atoms with Gasteiger partial charge in [0, 0.05) is 28.7 Å². The Morgan fingerprint density at radius 3 is 2.51 bits per heavy atom. The zero-order valence-electron chi connectivity index (χ0n) is 22.1. The van der Waals surface area contributed by atoms with Gasteiger partial charge in [-0.15, -0.1) is 0 Å². The number of aliphatic hydroxyl groups is 1. The Balaban J connectivity index is 1.61. The molecule has 3 aromatic carbocycles. The zero-order chi connectivity index (χ0) is 27.5. The number of para-hydroxylation sites is 1. The summed E-state index contributed by atoms with van der Waals surface area (Å²) in [7, 11) is 0. The molecule has 4 aromatic rings. The van der Waals surface area contributed by atoms with Crippen molar-refractivity contribution in [1.82, 2.24) is 4.57 Å². The highest BCUT2D eigenvalue weighted by atomic mass is 35.5. The van der Waals surface area contributed by atoms with Crippen molar-refractivity contribution in [3.05, 3.63) is 116 Å². The van der Waals surface area contributed by atoms with E-state index in [2.05, 4.69) is 40.9 Å². The third-order valence-electron chi connectivity index (χ3n) is 6.58. The molecule has 1 aliphatic rings. The number of nitrogens with zero attached hydrogens (tertiary/aromatic N) is 2. The standard InChI is InChI=1S/C32H29ClN2O3S/c1-4-22-7-6-8-26-23(19-35(29(22)26)18-21-11-13-24(33)14-12-21)17-27-30(36)28(32(37)38-5-2)31(39-27)34-25-15-9-20(3)10-16-25/h6-17,19,36H,4-5,18H2,1-3H3/b27-17-,34-31?. The molecule has 1 aromatic heterocycles. The van der Waals surface area contributed by atoms with Gasteiger partial charge in [0.25, 0.3) is 0 Å². The Labute approximate surface area is 237 Å². The van der Waals surface area contributed by atoms with Crippen LogP contribution in [-0.4, -0.2) is 27.3 Å². The Bertz CT molecular complexity index is 1630. The first kappa shape index (κ1) is 26.9. The van der Waals surface area contributed by atoms with Crippen LogP contribution in [0.3, 0.4) is 0 Å².